The highest BCUT2D eigenvalue weighted by Crippen LogP contribution is 2.21. The standard InChI is InChI=1S/C15H19N3O4S/c1-3-9(2)13(15(20)21)16-11(19)6-7-12-17-14(18-22-12)10-5-4-8-23-10/h4-5,8-9,13H,3,6-7H2,1-2H3,(H,16,19)(H,20,21). The zero-order chi connectivity index (χ0) is 16.8. The van der Waals surface area contributed by atoms with Crippen LogP contribution in [0.2, 0.25) is 0 Å². The Kier molecular flexibility index (Phi) is 5.86. The first-order chi connectivity index (χ1) is 11.0. The van der Waals surface area contributed by atoms with E-state index in [1.165, 1.54) is 11.3 Å². The maximum Gasteiger partial charge on any atom is 0.326 e. The lowest BCUT2D eigenvalue weighted by Crippen LogP contribution is -2.45. The van der Waals surface area contributed by atoms with Gasteiger partial charge in [-0.15, -0.1) is 11.3 Å². The molecule has 0 saturated carbocycles. The zero-order valence-electron chi connectivity index (χ0n) is 13.0. The molecule has 0 radical (unpaired) electrons. The van der Waals surface area contributed by atoms with E-state index >= 15 is 0 Å². The molecule has 23 heavy (non-hydrogen) atoms. The van der Waals surface area contributed by atoms with Crippen molar-refractivity contribution in [1.82, 2.24) is 15.5 Å². The molecule has 2 N–H and O–H groups in total. The van der Waals surface area contributed by atoms with Crippen molar-refractivity contribution < 1.29 is 19.2 Å². The minimum atomic E-state index is -1.02. The number of aromatic nitrogens is 2. The third-order valence-corrected chi connectivity index (χ3v) is 4.44. The lowest BCUT2D eigenvalue weighted by atomic mass is 9.99. The molecule has 0 saturated heterocycles. The minimum Gasteiger partial charge on any atom is -0.480 e. The first-order valence-electron chi connectivity index (χ1n) is 7.40. The molecule has 124 valence electrons. The summed E-state index contributed by atoms with van der Waals surface area (Å²) in [6.07, 6.45) is 1.05. The molecule has 7 nitrogen and oxygen atoms in total. The van der Waals surface area contributed by atoms with Crippen LogP contribution in [0.5, 0.6) is 0 Å². The number of hydrogen-bond donors (Lipinski definition) is 2. The van der Waals surface area contributed by atoms with Gasteiger partial charge in [-0.1, -0.05) is 31.5 Å². The van der Waals surface area contributed by atoms with Crippen LogP contribution in [0.3, 0.4) is 0 Å². The SMILES string of the molecule is CCC(C)C(NC(=O)CCc1nc(-c2cccs2)no1)C(=O)O. The Morgan fingerprint density at radius 2 is 2.26 bits per heavy atom. The number of nitrogens with zero attached hydrogens (tertiary/aromatic N) is 2. The highest BCUT2D eigenvalue weighted by atomic mass is 32.1. The Balaban J connectivity index is 1.88. The van der Waals surface area contributed by atoms with E-state index < -0.39 is 12.0 Å². The van der Waals surface area contributed by atoms with Crippen LogP contribution < -0.4 is 5.32 Å². The largest absolute Gasteiger partial charge is 0.480 e. The molecule has 8 heteroatoms. The van der Waals surface area contributed by atoms with Crippen molar-refractivity contribution in [2.45, 2.75) is 39.2 Å². The fraction of sp³-hybridized carbons (Fsp3) is 0.467. The number of carbonyl (C=O) groups is 2. The van der Waals surface area contributed by atoms with Gasteiger partial charge in [0.05, 0.1) is 4.88 Å². The Hall–Kier alpha value is -2.22. The van der Waals surface area contributed by atoms with Crippen molar-refractivity contribution in [2.75, 3.05) is 0 Å². The van der Waals surface area contributed by atoms with Crippen molar-refractivity contribution in [3.8, 4) is 10.7 Å². The van der Waals surface area contributed by atoms with Gasteiger partial charge in [-0.25, -0.2) is 4.79 Å². The molecule has 0 bridgehead atoms. The number of carboxylic acids is 1. The molecular weight excluding hydrogens is 318 g/mol. The number of aryl methyl sites for hydroxylation is 1. The average Bonchev–Trinajstić information content (AvgIpc) is 3.20. The van der Waals surface area contributed by atoms with Crippen LogP contribution in [0.1, 0.15) is 32.6 Å². The molecule has 0 aliphatic heterocycles. The van der Waals surface area contributed by atoms with E-state index in [4.69, 9.17) is 9.63 Å². The van der Waals surface area contributed by atoms with Gasteiger partial charge in [0.25, 0.3) is 0 Å². The maximum absolute atomic E-state index is 11.9. The Morgan fingerprint density at radius 1 is 1.48 bits per heavy atom. The van der Waals surface area contributed by atoms with Gasteiger partial charge < -0.3 is 14.9 Å². The van der Waals surface area contributed by atoms with Crippen LogP contribution in [0, 0.1) is 5.92 Å². The van der Waals surface area contributed by atoms with Crippen molar-refractivity contribution in [1.29, 1.82) is 0 Å². The molecule has 2 aromatic heterocycles. The highest BCUT2D eigenvalue weighted by Gasteiger charge is 2.25. The summed E-state index contributed by atoms with van der Waals surface area (Å²) >= 11 is 1.50. The molecule has 1 amide bonds. The molecule has 0 spiro atoms. The van der Waals surface area contributed by atoms with E-state index in [1.54, 1.807) is 6.92 Å². The summed E-state index contributed by atoms with van der Waals surface area (Å²) in [6, 6.07) is 2.90. The van der Waals surface area contributed by atoms with Gasteiger partial charge in [0.1, 0.15) is 6.04 Å². The quantitative estimate of drug-likeness (QED) is 0.766. The van der Waals surface area contributed by atoms with E-state index in [2.05, 4.69) is 15.5 Å². The van der Waals surface area contributed by atoms with Gasteiger partial charge in [-0.3, -0.25) is 4.79 Å². The average molecular weight is 337 g/mol. The lowest BCUT2D eigenvalue weighted by molar-refractivity contribution is -0.143. The number of amides is 1. The lowest BCUT2D eigenvalue weighted by Gasteiger charge is -2.19. The predicted octanol–water partition coefficient (Wildman–Crippen LogP) is 2.35. The monoisotopic (exact) mass is 337 g/mol. The summed E-state index contributed by atoms with van der Waals surface area (Å²) in [7, 11) is 0. The first kappa shape index (κ1) is 17.1. The summed E-state index contributed by atoms with van der Waals surface area (Å²) in [6.45, 7) is 3.68. The summed E-state index contributed by atoms with van der Waals surface area (Å²) in [4.78, 5) is 28.2. The normalized spacial score (nSPS) is 13.5. The van der Waals surface area contributed by atoms with Crippen LogP contribution in [-0.4, -0.2) is 33.2 Å². The summed E-state index contributed by atoms with van der Waals surface area (Å²) in [5.74, 6) is -0.637. The zero-order valence-corrected chi connectivity index (χ0v) is 13.8. The van der Waals surface area contributed by atoms with Gasteiger partial charge in [0.15, 0.2) is 0 Å². The van der Waals surface area contributed by atoms with Gasteiger partial charge in [0, 0.05) is 12.8 Å². The number of rotatable bonds is 8. The number of hydrogen-bond acceptors (Lipinski definition) is 6. The molecule has 2 heterocycles. The Morgan fingerprint density at radius 3 is 2.87 bits per heavy atom. The van der Waals surface area contributed by atoms with Gasteiger partial charge in [0.2, 0.25) is 17.6 Å². The van der Waals surface area contributed by atoms with Crippen molar-refractivity contribution in [3.05, 3.63) is 23.4 Å². The molecule has 2 rings (SSSR count). The van der Waals surface area contributed by atoms with Crippen LogP contribution in [0.4, 0.5) is 0 Å². The third-order valence-electron chi connectivity index (χ3n) is 3.57. The van der Waals surface area contributed by atoms with Gasteiger partial charge in [-0.2, -0.15) is 4.98 Å². The van der Waals surface area contributed by atoms with Crippen LogP contribution in [0.25, 0.3) is 10.7 Å². The van der Waals surface area contributed by atoms with Crippen molar-refractivity contribution in [2.24, 2.45) is 5.92 Å². The molecule has 2 aromatic rings. The van der Waals surface area contributed by atoms with Crippen molar-refractivity contribution >= 4 is 23.2 Å². The maximum atomic E-state index is 11.9. The van der Waals surface area contributed by atoms with Crippen LogP contribution in [-0.2, 0) is 16.0 Å². The smallest absolute Gasteiger partial charge is 0.326 e. The Labute approximate surface area is 137 Å². The van der Waals surface area contributed by atoms with E-state index in [9.17, 15) is 9.59 Å². The van der Waals surface area contributed by atoms with Gasteiger partial charge >= 0.3 is 5.97 Å². The van der Waals surface area contributed by atoms with Gasteiger partial charge in [-0.05, 0) is 17.4 Å². The number of thiophene rings is 1. The molecule has 0 aromatic carbocycles. The summed E-state index contributed by atoms with van der Waals surface area (Å²) in [5, 5.41) is 17.5. The van der Waals surface area contributed by atoms with Crippen molar-refractivity contribution in [3.63, 3.8) is 0 Å². The second-order valence-electron chi connectivity index (χ2n) is 5.26. The molecule has 0 fully saturated rings. The molecule has 0 aliphatic rings. The second kappa shape index (κ2) is 7.87. The topological polar surface area (TPSA) is 105 Å². The fourth-order valence-corrected chi connectivity index (χ4v) is 2.66. The minimum absolute atomic E-state index is 0.103. The van der Waals surface area contributed by atoms with E-state index in [0.717, 1.165) is 4.88 Å². The number of aliphatic carboxylic acids is 1. The Bertz CT molecular complexity index is 653. The summed E-state index contributed by atoms with van der Waals surface area (Å²) in [5.41, 5.74) is 0. The summed E-state index contributed by atoms with van der Waals surface area (Å²) < 4.78 is 5.11. The third kappa shape index (κ3) is 4.62. The molecule has 0 aliphatic carbocycles. The first-order valence-corrected chi connectivity index (χ1v) is 8.27. The van der Waals surface area contributed by atoms with E-state index in [0.29, 0.717) is 18.1 Å². The number of nitrogens with one attached hydrogen (secondary N) is 1. The predicted molar refractivity (Wildman–Crippen MR) is 85.0 cm³/mol. The van der Waals surface area contributed by atoms with E-state index in [1.807, 2.05) is 24.4 Å². The second-order valence-corrected chi connectivity index (χ2v) is 6.21. The van der Waals surface area contributed by atoms with E-state index in [-0.39, 0.29) is 24.7 Å². The van der Waals surface area contributed by atoms with Crippen LogP contribution in [0.15, 0.2) is 22.0 Å². The molecular formula is C15H19N3O4S. The molecule has 2 atom stereocenters. The van der Waals surface area contributed by atoms with Crippen LogP contribution >= 0.6 is 11.3 Å². The molecule has 2 unspecified atom stereocenters. The highest BCUT2D eigenvalue weighted by molar-refractivity contribution is 7.13. The fourth-order valence-electron chi connectivity index (χ4n) is 2.01. The number of carbonyl (C=O) groups excluding carboxylic acids is 1. The number of carboxylic acid groups (broad SMARTS) is 1.